The fourth-order valence-electron chi connectivity index (χ4n) is 1.39. The van der Waals surface area contributed by atoms with E-state index in [2.05, 4.69) is 30.7 Å². The Morgan fingerprint density at radius 2 is 2.09 bits per heavy atom. The number of ether oxygens (including phenoxy) is 2. The van der Waals surface area contributed by atoms with Crippen LogP contribution in [0.4, 0.5) is 10.1 Å². The van der Waals surface area contributed by atoms with Crippen LogP contribution in [0.15, 0.2) is 22.3 Å². The number of nitrogens with zero attached hydrogens (tertiary/aromatic N) is 1. The van der Waals surface area contributed by atoms with Crippen LogP contribution in [0.25, 0.3) is 0 Å². The van der Waals surface area contributed by atoms with Gasteiger partial charge in [0.05, 0.1) is 30.5 Å². The van der Waals surface area contributed by atoms with Crippen LogP contribution in [0.2, 0.25) is 0 Å². The van der Waals surface area contributed by atoms with Gasteiger partial charge >= 0.3 is 11.9 Å². The molecular weight excluding hydrogens is 474 g/mol. The number of hydrogen-bond donors (Lipinski definition) is 1. The van der Waals surface area contributed by atoms with Crippen LogP contribution in [0.1, 0.15) is 5.56 Å². The summed E-state index contributed by atoms with van der Waals surface area (Å²) >= 11 is 4.85. The number of hydrogen-bond acceptors (Lipinski definition) is 6. The summed E-state index contributed by atoms with van der Waals surface area (Å²) in [6, 6.07) is 3.13. The van der Waals surface area contributed by atoms with Crippen molar-refractivity contribution in [2.75, 3.05) is 19.5 Å². The molecule has 0 atom stereocenters. The van der Waals surface area contributed by atoms with Gasteiger partial charge in [-0.2, -0.15) is 5.26 Å². The minimum absolute atomic E-state index is 0.0457. The quantitative estimate of drug-likeness (QED) is 0.307. The molecule has 0 aliphatic heterocycles. The summed E-state index contributed by atoms with van der Waals surface area (Å²) < 4.78 is 23.5. The normalized spacial score (nSPS) is 10.6. The number of methoxy groups -OCH3 is 2. The first-order chi connectivity index (χ1) is 10.3. The predicted molar refractivity (Wildman–Crippen MR) is 87.3 cm³/mol. The molecule has 116 valence electrons. The number of carbonyl (C=O) groups excluding carboxylic acids is 2. The van der Waals surface area contributed by atoms with Crippen molar-refractivity contribution in [3.8, 4) is 6.07 Å². The van der Waals surface area contributed by atoms with Gasteiger partial charge in [-0.3, -0.25) is 0 Å². The number of rotatable bonds is 4. The molecule has 0 spiro atoms. The Balaban J connectivity index is 3.40. The molecule has 0 bridgehead atoms. The number of benzene rings is 1. The van der Waals surface area contributed by atoms with Crippen molar-refractivity contribution in [3.05, 3.63) is 37.3 Å². The molecule has 0 aliphatic rings. The molecule has 0 radical (unpaired) electrons. The maximum atomic E-state index is 14.0. The highest BCUT2D eigenvalue weighted by atomic mass is 127. The van der Waals surface area contributed by atoms with Crippen LogP contribution < -0.4 is 5.32 Å². The topological polar surface area (TPSA) is 88.4 Å². The van der Waals surface area contributed by atoms with Gasteiger partial charge in [0.15, 0.2) is 5.82 Å². The zero-order valence-corrected chi connectivity index (χ0v) is 15.1. The van der Waals surface area contributed by atoms with Crippen LogP contribution in [0.3, 0.4) is 0 Å². The Morgan fingerprint density at radius 3 is 2.59 bits per heavy atom. The molecule has 0 heterocycles. The maximum absolute atomic E-state index is 14.0. The molecule has 1 rings (SSSR count). The summed E-state index contributed by atoms with van der Waals surface area (Å²) in [7, 11) is 2.25. The van der Waals surface area contributed by atoms with Gasteiger partial charge in [-0.1, -0.05) is 0 Å². The first kappa shape index (κ1) is 18.4. The molecule has 1 aromatic rings. The van der Waals surface area contributed by atoms with Gasteiger partial charge in [0.2, 0.25) is 0 Å². The molecule has 0 fully saturated rings. The van der Waals surface area contributed by atoms with Crippen molar-refractivity contribution in [2.45, 2.75) is 0 Å². The molecule has 9 heteroatoms. The molecule has 1 aromatic carbocycles. The van der Waals surface area contributed by atoms with E-state index in [-0.39, 0.29) is 21.4 Å². The van der Waals surface area contributed by atoms with E-state index >= 15 is 0 Å². The van der Waals surface area contributed by atoms with Crippen LogP contribution in [0, 0.1) is 20.7 Å². The Kier molecular flexibility index (Phi) is 6.76. The molecule has 1 N–H and O–H groups in total. The Labute approximate surface area is 147 Å². The lowest BCUT2D eigenvalue weighted by Gasteiger charge is -2.13. The third-order valence-corrected chi connectivity index (χ3v) is 3.84. The lowest BCUT2D eigenvalue weighted by molar-refractivity contribution is -0.138. The van der Waals surface area contributed by atoms with Crippen molar-refractivity contribution in [1.82, 2.24) is 0 Å². The fourth-order valence-corrected chi connectivity index (χ4v) is 2.96. The molecular formula is C13H9BrFIN2O4. The monoisotopic (exact) mass is 482 g/mol. The zero-order chi connectivity index (χ0) is 16.9. The number of anilines is 1. The number of esters is 2. The summed E-state index contributed by atoms with van der Waals surface area (Å²) in [6.45, 7) is 0. The number of halogens is 3. The summed E-state index contributed by atoms with van der Waals surface area (Å²) in [4.78, 5) is 23.0. The molecule has 0 saturated heterocycles. The Hall–Kier alpha value is -1.67. The second kappa shape index (κ2) is 8.09. The summed E-state index contributed by atoms with van der Waals surface area (Å²) in [5, 5.41) is 11.6. The van der Waals surface area contributed by atoms with E-state index in [0.29, 0.717) is 3.57 Å². The summed E-state index contributed by atoms with van der Waals surface area (Å²) in [5.74, 6) is -2.46. The molecule has 0 amide bonds. The van der Waals surface area contributed by atoms with Crippen LogP contribution in [-0.4, -0.2) is 26.2 Å². The van der Waals surface area contributed by atoms with Crippen molar-refractivity contribution >= 4 is 56.1 Å². The average molecular weight is 483 g/mol. The van der Waals surface area contributed by atoms with Crippen molar-refractivity contribution < 1.29 is 23.5 Å². The number of carbonyl (C=O) groups is 2. The predicted octanol–water partition coefficient (Wildman–Crippen LogP) is 2.71. The molecule has 6 nitrogen and oxygen atoms in total. The first-order valence-electron chi connectivity index (χ1n) is 5.58. The van der Waals surface area contributed by atoms with E-state index in [9.17, 15) is 14.0 Å². The van der Waals surface area contributed by atoms with Gasteiger partial charge < -0.3 is 14.8 Å². The molecule has 0 saturated carbocycles. The van der Waals surface area contributed by atoms with Gasteiger partial charge in [-0.15, -0.1) is 0 Å². The second-order valence-electron chi connectivity index (χ2n) is 3.71. The van der Waals surface area contributed by atoms with Crippen LogP contribution in [-0.2, 0) is 19.1 Å². The van der Waals surface area contributed by atoms with Crippen molar-refractivity contribution in [2.24, 2.45) is 0 Å². The van der Waals surface area contributed by atoms with Gasteiger partial charge in [-0.25, -0.2) is 14.0 Å². The third-order valence-electron chi connectivity index (χ3n) is 2.41. The Bertz CT molecular complexity index is 700. The lowest BCUT2D eigenvalue weighted by Crippen LogP contribution is -2.17. The summed E-state index contributed by atoms with van der Waals surface area (Å²) in [5.41, 5.74) is -0.548. The SMILES string of the molecule is COC(=O)/C=C(/Nc1c(I)cc(Br)c(F)c1C#N)C(=O)OC. The lowest BCUT2D eigenvalue weighted by atomic mass is 10.1. The summed E-state index contributed by atoms with van der Waals surface area (Å²) in [6.07, 6.45) is 0.850. The highest BCUT2D eigenvalue weighted by molar-refractivity contribution is 14.1. The molecule has 0 aliphatic carbocycles. The van der Waals surface area contributed by atoms with Gasteiger partial charge in [-0.05, 0) is 44.6 Å². The molecule has 22 heavy (non-hydrogen) atoms. The Morgan fingerprint density at radius 1 is 1.45 bits per heavy atom. The molecule has 0 unspecified atom stereocenters. The van der Waals surface area contributed by atoms with Gasteiger partial charge in [0, 0.05) is 3.57 Å². The first-order valence-corrected chi connectivity index (χ1v) is 7.45. The van der Waals surface area contributed by atoms with E-state index in [0.717, 1.165) is 20.3 Å². The van der Waals surface area contributed by atoms with E-state index < -0.39 is 17.8 Å². The number of nitrogens with one attached hydrogen (secondary N) is 1. The van der Waals surface area contributed by atoms with E-state index in [1.165, 1.54) is 6.07 Å². The van der Waals surface area contributed by atoms with Crippen LogP contribution in [0.5, 0.6) is 0 Å². The van der Waals surface area contributed by atoms with Crippen molar-refractivity contribution in [1.29, 1.82) is 5.26 Å². The minimum atomic E-state index is -0.867. The van der Waals surface area contributed by atoms with E-state index in [1.54, 1.807) is 6.07 Å². The largest absolute Gasteiger partial charge is 0.466 e. The maximum Gasteiger partial charge on any atom is 0.354 e. The van der Waals surface area contributed by atoms with E-state index in [4.69, 9.17) is 5.26 Å². The van der Waals surface area contributed by atoms with Gasteiger partial charge in [0.1, 0.15) is 17.3 Å². The second-order valence-corrected chi connectivity index (χ2v) is 5.73. The molecule has 0 aromatic heterocycles. The smallest absolute Gasteiger partial charge is 0.354 e. The minimum Gasteiger partial charge on any atom is -0.466 e. The van der Waals surface area contributed by atoms with Crippen LogP contribution >= 0.6 is 38.5 Å². The number of nitriles is 1. The van der Waals surface area contributed by atoms with E-state index in [1.807, 2.05) is 22.6 Å². The third kappa shape index (κ3) is 4.17. The van der Waals surface area contributed by atoms with Gasteiger partial charge in [0.25, 0.3) is 0 Å². The average Bonchev–Trinajstić information content (AvgIpc) is 2.50. The zero-order valence-electron chi connectivity index (χ0n) is 11.4. The highest BCUT2D eigenvalue weighted by Crippen LogP contribution is 2.31. The standard InChI is InChI=1S/C13H9BrFIN2O4/c1-21-10(19)4-9(13(20)22-2)18-12-6(5-17)11(15)7(14)3-8(12)16/h3-4,18H,1-2H3/b9-4+. The van der Waals surface area contributed by atoms with Crippen molar-refractivity contribution in [3.63, 3.8) is 0 Å². The fraction of sp³-hybridized carbons (Fsp3) is 0.154. The highest BCUT2D eigenvalue weighted by Gasteiger charge is 2.20.